The SMILES string of the molecule is CNC1CC(n2cc(-c3ccnn3C)c3ccc(N4CCN(c5ccc(S(C)(=O)=O)cc5)CC4)nc32)C1. The first-order valence-electron chi connectivity index (χ1n) is 12.8. The second-order valence-corrected chi connectivity index (χ2v) is 12.2. The normalized spacial score (nSPS) is 20.4. The minimum absolute atomic E-state index is 0.355. The Morgan fingerprint density at radius 1 is 0.946 bits per heavy atom. The minimum atomic E-state index is -3.19. The number of hydrogen-bond donors (Lipinski definition) is 1. The van der Waals surface area contributed by atoms with Gasteiger partial charge in [-0.2, -0.15) is 5.10 Å². The van der Waals surface area contributed by atoms with Gasteiger partial charge in [-0.05, 0) is 62.4 Å². The summed E-state index contributed by atoms with van der Waals surface area (Å²) < 4.78 is 27.9. The molecule has 3 aromatic heterocycles. The van der Waals surface area contributed by atoms with E-state index in [1.165, 1.54) is 11.8 Å². The maximum Gasteiger partial charge on any atom is 0.175 e. The largest absolute Gasteiger partial charge is 0.368 e. The van der Waals surface area contributed by atoms with Crippen molar-refractivity contribution in [2.24, 2.45) is 7.05 Å². The van der Waals surface area contributed by atoms with Crippen molar-refractivity contribution in [3.8, 4) is 11.3 Å². The van der Waals surface area contributed by atoms with E-state index in [9.17, 15) is 8.42 Å². The van der Waals surface area contributed by atoms with E-state index in [4.69, 9.17) is 4.98 Å². The number of aryl methyl sites for hydroxylation is 1. The maximum atomic E-state index is 11.8. The van der Waals surface area contributed by atoms with E-state index in [0.717, 1.165) is 67.3 Å². The molecular weight excluding hydrogens is 486 g/mol. The summed E-state index contributed by atoms with van der Waals surface area (Å²) in [7, 11) is 0.829. The monoisotopic (exact) mass is 519 g/mol. The number of piperazine rings is 1. The molecule has 1 aliphatic carbocycles. The highest BCUT2D eigenvalue weighted by Gasteiger charge is 2.31. The number of sulfone groups is 1. The minimum Gasteiger partial charge on any atom is -0.368 e. The Balaban J connectivity index is 1.25. The van der Waals surface area contributed by atoms with E-state index >= 15 is 0 Å². The van der Waals surface area contributed by atoms with E-state index < -0.39 is 9.84 Å². The summed E-state index contributed by atoms with van der Waals surface area (Å²) >= 11 is 0. The molecule has 1 aliphatic heterocycles. The van der Waals surface area contributed by atoms with Crippen LogP contribution < -0.4 is 15.1 Å². The zero-order chi connectivity index (χ0) is 25.7. The molecule has 4 heterocycles. The fraction of sp³-hybridized carbons (Fsp3) is 0.407. The van der Waals surface area contributed by atoms with Gasteiger partial charge < -0.3 is 19.7 Å². The smallest absolute Gasteiger partial charge is 0.175 e. The fourth-order valence-electron chi connectivity index (χ4n) is 5.56. The van der Waals surface area contributed by atoms with Crippen molar-refractivity contribution < 1.29 is 8.42 Å². The van der Waals surface area contributed by atoms with E-state index in [2.05, 4.69) is 49.2 Å². The Bertz CT molecular complexity index is 1530. The first-order chi connectivity index (χ1) is 17.8. The highest BCUT2D eigenvalue weighted by Crippen LogP contribution is 2.39. The standard InChI is InChI=1S/C27H33N7O2S/c1-28-19-16-21(17-19)34-18-24(25-10-11-29-31(25)2)23-8-9-26(30-27(23)34)33-14-12-32(13-15-33)20-4-6-22(7-5-20)37(3,35)36/h4-11,18-19,21,28H,12-17H2,1-3H3. The molecule has 9 nitrogen and oxygen atoms in total. The van der Waals surface area contributed by atoms with Gasteiger partial charge in [0.05, 0.1) is 10.6 Å². The zero-order valence-electron chi connectivity index (χ0n) is 21.5. The second-order valence-electron chi connectivity index (χ2n) is 10.2. The lowest BCUT2D eigenvalue weighted by Crippen LogP contribution is -2.46. The predicted molar refractivity (Wildman–Crippen MR) is 147 cm³/mol. The van der Waals surface area contributed by atoms with Gasteiger partial charge in [-0.1, -0.05) is 0 Å². The molecule has 1 saturated carbocycles. The van der Waals surface area contributed by atoms with Crippen molar-refractivity contribution in [3.05, 3.63) is 54.9 Å². The van der Waals surface area contributed by atoms with E-state index in [0.29, 0.717) is 17.0 Å². The van der Waals surface area contributed by atoms with Crippen molar-refractivity contribution in [2.75, 3.05) is 49.3 Å². The molecule has 0 radical (unpaired) electrons. The van der Waals surface area contributed by atoms with Crippen LogP contribution in [0.15, 0.2) is 59.8 Å². The Hall–Kier alpha value is -3.37. The van der Waals surface area contributed by atoms with Crippen LogP contribution in [0.1, 0.15) is 18.9 Å². The predicted octanol–water partition coefficient (Wildman–Crippen LogP) is 3.09. The third-order valence-electron chi connectivity index (χ3n) is 7.91. The summed E-state index contributed by atoms with van der Waals surface area (Å²) in [5.74, 6) is 1.000. The summed E-state index contributed by atoms with van der Waals surface area (Å²) in [6, 6.07) is 14.6. The molecule has 1 aromatic carbocycles. The number of pyridine rings is 1. The molecule has 2 aliphatic rings. The van der Waals surface area contributed by atoms with E-state index in [1.807, 2.05) is 37.1 Å². The summed E-state index contributed by atoms with van der Waals surface area (Å²) in [4.78, 5) is 10.2. The van der Waals surface area contributed by atoms with E-state index in [-0.39, 0.29) is 0 Å². The molecule has 1 saturated heterocycles. The topological polar surface area (TPSA) is 88.3 Å². The van der Waals surface area contributed by atoms with Crippen molar-refractivity contribution in [1.82, 2.24) is 24.6 Å². The molecule has 37 heavy (non-hydrogen) atoms. The van der Waals surface area contributed by atoms with Crippen LogP contribution in [0.4, 0.5) is 11.5 Å². The molecule has 194 valence electrons. The highest BCUT2D eigenvalue weighted by molar-refractivity contribution is 7.90. The van der Waals surface area contributed by atoms with Crippen molar-refractivity contribution in [3.63, 3.8) is 0 Å². The van der Waals surface area contributed by atoms with Crippen molar-refractivity contribution >= 4 is 32.4 Å². The first kappa shape index (κ1) is 24.0. The van der Waals surface area contributed by atoms with Crippen LogP contribution in [0, 0.1) is 0 Å². The molecule has 0 spiro atoms. The third kappa shape index (κ3) is 4.38. The van der Waals surface area contributed by atoms with Crippen LogP contribution in [0.2, 0.25) is 0 Å². The Labute approximate surface area is 217 Å². The third-order valence-corrected chi connectivity index (χ3v) is 9.04. The molecule has 0 amide bonds. The molecule has 10 heteroatoms. The summed E-state index contributed by atoms with van der Waals surface area (Å²) in [5.41, 5.74) is 4.35. The van der Waals surface area contributed by atoms with Crippen molar-refractivity contribution in [2.45, 2.75) is 29.8 Å². The van der Waals surface area contributed by atoms with Crippen LogP contribution >= 0.6 is 0 Å². The summed E-state index contributed by atoms with van der Waals surface area (Å²) in [5, 5.41) is 8.94. The van der Waals surface area contributed by atoms with Gasteiger partial charge in [-0.25, -0.2) is 13.4 Å². The molecule has 0 atom stereocenters. The number of aromatic nitrogens is 4. The van der Waals surface area contributed by atoms with Gasteiger partial charge in [0.15, 0.2) is 9.84 Å². The lowest BCUT2D eigenvalue weighted by molar-refractivity contribution is 0.240. The molecule has 2 fully saturated rings. The fourth-order valence-corrected chi connectivity index (χ4v) is 6.19. The molecular formula is C27H33N7O2S. The Morgan fingerprint density at radius 3 is 2.27 bits per heavy atom. The van der Waals surface area contributed by atoms with E-state index in [1.54, 1.807) is 12.1 Å². The molecule has 0 unspecified atom stereocenters. The first-order valence-corrected chi connectivity index (χ1v) is 14.7. The van der Waals surface area contributed by atoms with Gasteiger partial charge in [0, 0.05) is 80.6 Å². The van der Waals surface area contributed by atoms with Gasteiger partial charge in [0.25, 0.3) is 0 Å². The van der Waals surface area contributed by atoms with Crippen molar-refractivity contribution in [1.29, 1.82) is 0 Å². The van der Waals surface area contributed by atoms with Crippen LogP contribution in [0.25, 0.3) is 22.3 Å². The van der Waals surface area contributed by atoms with Gasteiger partial charge in [-0.15, -0.1) is 0 Å². The quantitative estimate of drug-likeness (QED) is 0.419. The number of benzene rings is 1. The van der Waals surface area contributed by atoms with Gasteiger partial charge in [0.1, 0.15) is 11.5 Å². The van der Waals surface area contributed by atoms with Crippen LogP contribution in [0.5, 0.6) is 0 Å². The number of anilines is 2. The average molecular weight is 520 g/mol. The molecule has 6 rings (SSSR count). The Kier molecular flexibility index (Phi) is 5.95. The van der Waals surface area contributed by atoms with Gasteiger partial charge >= 0.3 is 0 Å². The number of nitrogens with one attached hydrogen (secondary N) is 1. The lowest BCUT2D eigenvalue weighted by atomic mass is 9.87. The molecule has 1 N–H and O–H groups in total. The summed E-state index contributed by atoms with van der Waals surface area (Å²) in [6.45, 7) is 3.41. The average Bonchev–Trinajstić information content (AvgIpc) is 3.46. The number of hydrogen-bond acceptors (Lipinski definition) is 7. The number of fused-ring (bicyclic) bond motifs is 1. The second kappa shape index (κ2) is 9.18. The lowest BCUT2D eigenvalue weighted by Gasteiger charge is -2.37. The van der Waals surface area contributed by atoms with Gasteiger partial charge in [-0.3, -0.25) is 4.68 Å². The van der Waals surface area contributed by atoms with Crippen LogP contribution in [-0.4, -0.2) is 73.3 Å². The Morgan fingerprint density at radius 2 is 1.65 bits per heavy atom. The molecule has 4 aromatic rings. The maximum absolute atomic E-state index is 11.8. The van der Waals surface area contributed by atoms with Crippen LogP contribution in [0.3, 0.4) is 0 Å². The summed E-state index contributed by atoms with van der Waals surface area (Å²) in [6.07, 6.45) is 7.55. The zero-order valence-corrected chi connectivity index (χ0v) is 22.3. The number of rotatable bonds is 6. The number of nitrogens with zero attached hydrogens (tertiary/aromatic N) is 6. The van der Waals surface area contributed by atoms with Crippen LogP contribution in [-0.2, 0) is 16.9 Å². The molecule has 0 bridgehead atoms. The van der Waals surface area contributed by atoms with Gasteiger partial charge in [0.2, 0.25) is 0 Å². The highest BCUT2D eigenvalue weighted by atomic mass is 32.2.